The summed E-state index contributed by atoms with van der Waals surface area (Å²) in [7, 11) is -6.00. The van der Waals surface area contributed by atoms with E-state index in [1.54, 1.807) is 0 Å². The summed E-state index contributed by atoms with van der Waals surface area (Å²) in [5.74, 6) is 0.127. The van der Waals surface area contributed by atoms with Crippen LogP contribution in [0.25, 0.3) is 10.9 Å². The molecule has 0 spiro atoms. The zero-order valence-corrected chi connectivity index (χ0v) is 12.6. The summed E-state index contributed by atoms with van der Waals surface area (Å²) >= 11 is 0. The standard InChI is InChI=1S/C17H14NO.BF4/c19-17(15-8-2-1-3-9-15)13-18-12-6-10-14-7-4-5-11-16(14)18;2-1(3,4)5/h1-12H,13H2;/q+1;-1. The van der Waals surface area contributed by atoms with Crippen LogP contribution >= 0.6 is 0 Å². The number of hydrogen-bond donors (Lipinski definition) is 0. The van der Waals surface area contributed by atoms with Crippen molar-refractivity contribution in [3.63, 3.8) is 0 Å². The van der Waals surface area contributed by atoms with Crippen LogP contribution in [-0.4, -0.2) is 13.0 Å². The molecule has 3 aromatic rings. The van der Waals surface area contributed by atoms with Gasteiger partial charge in [0.25, 0.3) is 0 Å². The Bertz CT molecular complexity index is 810. The molecule has 1 heterocycles. The molecule has 0 atom stereocenters. The lowest BCUT2D eigenvalue weighted by atomic mass is 10.1. The van der Waals surface area contributed by atoms with E-state index in [0.29, 0.717) is 6.54 Å². The highest BCUT2D eigenvalue weighted by atomic mass is 19.5. The van der Waals surface area contributed by atoms with Crippen molar-refractivity contribution in [1.29, 1.82) is 0 Å². The summed E-state index contributed by atoms with van der Waals surface area (Å²) in [6, 6.07) is 21.5. The summed E-state index contributed by atoms with van der Waals surface area (Å²) in [6.45, 7) is 0.366. The largest absolute Gasteiger partial charge is 0.673 e. The van der Waals surface area contributed by atoms with Gasteiger partial charge in [-0.3, -0.25) is 4.79 Å². The van der Waals surface area contributed by atoms with Gasteiger partial charge in [0.15, 0.2) is 6.20 Å². The molecular weight excluding hydrogens is 321 g/mol. The average molecular weight is 335 g/mol. The van der Waals surface area contributed by atoms with Crippen LogP contribution in [-0.2, 0) is 6.54 Å². The Morgan fingerprint density at radius 2 is 1.38 bits per heavy atom. The third-order valence-electron chi connectivity index (χ3n) is 3.20. The number of nitrogens with zero attached hydrogens (tertiary/aromatic N) is 1. The molecule has 2 aromatic carbocycles. The van der Waals surface area contributed by atoms with Crippen molar-refractivity contribution < 1.29 is 26.6 Å². The van der Waals surface area contributed by atoms with Gasteiger partial charge in [0.1, 0.15) is 0 Å². The molecular formula is C17H14BF4NO. The number of halogens is 4. The number of ketones is 1. The van der Waals surface area contributed by atoms with E-state index in [9.17, 15) is 22.1 Å². The number of carbonyl (C=O) groups is 1. The van der Waals surface area contributed by atoms with E-state index in [-0.39, 0.29) is 5.78 Å². The molecule has 0 aliphatic rings. The second kappa shape index (κ2) is 7.72. The zero-order valence-electron chi connectivity index (χ0n) is 12.6. The molecule has 0 bridgehead atoms. The Morgan fingerprint density at radius 3 is 2.04 bits per heavy atom. The van der Waals surface area contributed by atoms with E-state index in [2.05, 4.69) is 12.1 Å². The molecule has 0 unspecified atom stereocenters. The van der Waals surface area contributed by atoms with Gasteiger partial charge >= 0.3 is 7.25 Å². The maximum atomic E-state index is 12.2. The molecule has 0 saturated carbocycles. The van der Waals surface area contributed by atoms with Gasteiger partial charge in [-0.2, -0.15) is 4.57 Å². The van der Waals surface area contributed by atoms with E-state index in [4.69, 9.17) is 0 Å². The number of fused-ring (bicyclic) bond motifs is 1. The first-order valence-electron chi connectivity index (χ1n) is 7.17. The number of Topliss-reactive ketones (excluding diaryl/α,β-unsaturated/α-hetero) is 1. The SMILES string of the molecule is F[B-](F)(F)F.O=C(C[n+]1cccc2ccccc21)c1ccccc1. The normalized spacial score (nSPS) is 10.8. The third kappa shape index (κ3) is 5.50. The van der Waals surface area contributed by atoms with Crippen molar-refractivity contribution in [2.75, 3.05) is 0 Å². The quantitative estimate of drug-likeness (QED) is 0.302. The van der Waals surface area contributed by atoms with Crippen LogP contribution in [0.15, 0.2) is 72.9 Å². The Labute approximate surface area is 136 Å². The molecule has 24 heavy (non-hydrogen) atoms. The van der Waals surface area contributed by atoms with Crippen LogP contribution in [0.2, 0.25) is 0 Å². The monoisotopic (exact) mass is 335 g/mol. The van der Waals surface area contributed by atoms with Crippen molar-refractivity contribution in [3.8, 4) is 0 Å². The summed E-state index contributed by atoms with van der Waals surface area (Å²) < 4.78 is 41.0. The van der Waals surface area contributed by atoms with E-state index in [1.165, 1.54) is 0 Å². The van der Waals surface area contributed by atoms with E-state index in [1.807, 2.05) is 65.4 Å². The Balaban J connectivity index is 0.000000368. The fraction of sp³-hybridized carbons (Fsp3) is 0.0588. The Morgan fingerprint density at radius 1 is 0.833 bits per heavy atom. The highest BCUT2D eigenvalue weighted by Gasteiger charge is 2.20. The molecule has 124 valence electrons. The zero-order chi connectivity index (χ0) is 17.6. The van der Waals surface area contributed by atoms with Crippen LogP contribution in [0.3, 0.4) is 0 Å². The topological polar surface area (TPSA) is 20.9 Å². The van der Waals surface area contributed by atoms with Gasteiger partial charge in [-0.1, -0.05) is 42.5 Å². The maximum Gasteiger partial charge on any atom is 0.673 e. The molecule has 0 radical (unpaired) electrons. The highest BCUT2D eigenvalue weighted by molar-refractivity contribution is 6.50. The van der Waals surface area contributed by atoms with Crippen LogP contribution in [0.1, 0.15) is 10.4 Å². The van der Waals surface area contributed by atoms with Gasteiger partial charge in [0.05, 0.1) is 0 Å². The first-order chi connectivity index (χ1) is 11.3. The lowest BCUT2D eigenvalue weighted by Crippen LogP contribution is -2.38. The number of pyridine rings is 1. The van der Waals surface area contributed by atoms with Crippen molar-refractivity contribution in [3.05, 3.63) is 78.5 Å². The average Bonchev–Trinajstić information content (AvgIpc) is 2.54. The van der Waals surface area contributed by atoms with Gasteiger partial charge in [-0.25, -0.2) is 0 Å². The molecule has 2 nitrogen and oxygen atoms in total. The molecule has 0 aliphatic carbocycles. The second-order valence-corrected chi connectivity index (χ2v) is 4.98. The number of hydrogen-bond acceptors (Lipinski definition) is 1. The highest BCUT2D eigenvalue weighted by Crippen LogP contribution is 2.09. The number of aromatic nitrogens is 1. The molecule has 0 saturated heterocycles. The summed E-state index contributed by atoms with van der Waals surface area (Å²) in [5, 5.41) is 1.14. The van der Waals surface area contributed by atoms with Gasteiger partial charge in [-0.15, -0.1) is 0 Å². The lowest BCUT2D eigenvalue weighted by Gasteiger charge is -2.01. The molecule has 0 N–H and O–H groups in total. The summed E-state index contributed by atoms with van der Waals surface area (Å²) in [5.41, 5.74) is 1.83. The first-order valence-corrected chi connectivity index (χ1v) is 7.17. The Hall–Kier alpha value is -2.70. The fourth-order valence-corrected chi connectivity index (χ4v) is 2.23. The predicted octanol–water partition coefficient (Wildman–Crippen LogP) is 4.31. The molecule has 7 heteroatoms. The number of para-hydroxylation sites is 1. The fourth-order valence-electron chi connectivity index (χ4n) is 2.23. The van der Waals surface area contributed by atoms with Crippen molar-refractivity contribution >= 4 is 23.9 Å². The lowest BCUT2D eigenvalue weighted by molar-refractivity contribution is -0.657. The Kier molecular flexibility index (Phi) is 5.68. The van der Waals surface area contributed by atoms with Gasteiger partial charge in [0, 0.05) is 23.1 Å². The van der Waals surface area contributed by atoms with E-state index >= 15 is 0 Å². The summed E-state index contributed by atoms with van der Waals surface area (Å²) in [6.07, 6.45) is 1.95. The van der Waals surface area contributed by atoms with Crippen molar-refractivity contribution in [2.24, 2.45) is 0 Å². The molecule has 1 aromatic heterocycles. The van der Waals surface area contributed by atoms with Gasteiger partial charge < -0.3 is 17.3 Å². The van der Waals surface area contributed by atoms with Gasteiger partial charge in [-0.05, 0) is 12.1 Å². The first kappa shape index (κ1) is 17.7. The van der Waals surface area contributed by atoms with E-state index in [0.717, 1.165) is 16.5 Å². The van der Waals surface area contributed by atoms with Crippen LogP contribution in [0.5, 0.6) is 0 Å². The third-order valence-corrected chi connectivity index (χ3v) is 3.20. The summed E-state index contributed by atoms with van der Waals surface area (Å²) in [4.78, 5) is 12.2. The minimum atomic E-state index is -6.00. The predicted molar refractivity (Wildman–Crippen MR) is 85.1 cm³/mol. The molecule has 0 amide bonds. The number of rotatable bonds is 3. The molecule has 3 rings (SSSR count). The van der Waals surface area contributed by atoms with E-state index < -0.39 is 7.25 Å². The van der Waals surface area contributed by atoms with Crippen molar-refractivity contribution in [2.45, 2.75) is 6.54 Å². The minimum Gasteiger partial charge on any atom is -0.418 e. The smallest absolute Gasteiger partial charge is 0.418 e. The van der Waals surface area contributed by atoms with Crippen LogP contribution in [0.4, 0.5) is 17.3 Å². The number of carbonyl (C=O) groups excluding carboxylic acids is 1. The van der Waals surface area contributed by atoms with Crippen molar-refractivity contribution in [1.82, 2.24) is 0 Å². The molecule has 0 aliphatic heterocycles. The minimum absolute atomic E-state index is 0.127. The van der Waals surface area contributed by atoms with Crippen LogP contribution < -0.4 is 4.57 Å². The van der Waals surface area contributed by atoms with Gasteiger partial charge in [0.2, 0.25) is 17.8 Å². The second-order valence-electron chi connectivity index (χ2n) is 4.98. The maximum absolute atomic E-state index is 12.2. The number of benzene rings is 2. The molecule has 0 fully saturated rings. The van der Waals surface area contributed by atoms with Crippen LogP contribution in [0, 0.1) is 0 Å².